The van der Waals surface area contributed by atoms with Crippen molar-refractivity contribution < 1.29 is 67.9 Å². The second-order valence-corrected chi connectivity index (χ2v) is 15.7. The van der Waals surface area contributed by atoms with Gasteiger partial charge in [-0.15, -0.1) is 0 Å². The highest BCUT2D eigenvalue weighted by atomic mass is 16.7. The van der Waals surface area contributed by atoms with Crippen LogP contribution in [0, 0.1) is 34.5 Å². The Kier molecular flexibility index (Phi) is 9.28. The summed E-state index contributed by atoms with van der Waals surface area (Å²) in [5, 5.41) is 40.4. The minimum atomic E-state index is -1.56. The summed E-state index contributed by atoms with van der Waals surface area (Å²) in [6.07, 6.45) is -4.25. The Balaban J connectivity index is 1.04. The van der Waals surface area contributed by atoms with Crippen molar-refractivity contribution in [2.24, 2.45) is 34.5 Å². The Hall–Kier alpha value is -1.72. The van der Waals surface area contributed by atoms with Gasteiger partial charge in [-0.25, -0.2) is 0 Å². The van der Waals surface area contributed by atoms with Gasteiger partial charge in [0.2, 0.25) is 5.79 Å². The van der Waals surface area contributed by atoms with Gasteiger partial charge in [0, 0.05) is 44.3 Å². The quantitative estimate of drug-likeness (QED) is 0.218. The maximum atomic E-state index is 14.0. The van der Waals surface area contributed by atoms with E-state index in [2.05, 4.69) is 13.0 Å². The highest BCUT2D eigenvalue weighted by molar-refractivity contribution is 5.83. The lowest BCUT2D eigenvalue weighted by atomic mass is 9.51. The van der Waals surface area contributed by atoms with Crippen LogP contribution in [0.3, 0.4) is 0 Å². The molecular weight excluding hydrogens is 644 g/mol. The van der Waals surface area contributed by atoms with Gasteiger partial charge in [0.15, 0.2) is 12.6 Å². The number of allylic oxidation sites excluding steroid dienone is 1. The van der Waals surface area contributed by atoms with Crippen LogP contribution in [0.1, 0.15) is 66.2 Å². The minimum Gasteiger partial charge on any atom is -0.462 e. The molecule has 4 N–H and O–H groups in total. The first kappa shape index (κ1) is 35.7. The van der Waals surface area contributed by atoms with Gasteiger partial charge in [0.25, 0.3) is 0 Å². The van der Waals surface area contributed by atoms with Gasteiger partial charge in [-0.05, 0) is 52.4 Å². The van der Waals surface area contributed by atoms with E-state index in [1.165, 1.54) is 0 Å². The largest absolute Gasteiger partial charge is 0.462 e. The molecule has 0 aromatic rings. The summed E-state index contributed by atoms with van der Waals surface area (Å²) < 4.78 is 48.2. The molecule has 18 atom stereocenters. The van der Waals surface area contributed by atoms with Crippen LogP contribution < -0.4 is 0 Å². The molecule has 4 saturated heterocycles. The lowest BCUT2D eigenvalue weighted by molar-refractivity contribution is -0.345. The van der Waals surface area contributed by atoms with Crippen LogP contribution in [0.2, 0.25) is 0 Å². The molecule has 4 heterocycles. The Morgan fingerprint density at radius 2 is 1.76 bits per heavy atom. The number of rotatable bonds is 7. The van der Waals surface area contributed by atoms with Crippen molar-refractivity contribution >= 4 is 11.9 Å². The number of esters is 2. The van der Waals surface area contributed by atoms with Crippen molar-refractivity contribution in [2.45, 2.75) is 140 Å². The molecule has 2 saturated carbocycles. The maximum Gasteiger partial charge on any atom is 0.313 e. The molecule has 7 rings (SSSR count). The fourth-order valence-electron chi connectivity index (χ4n) is 10.7. The number of hydrogen-bond donors (Lipinski definition) is 4. The molecule has 0 amide bonds. The minimum absolute atomic E-state index is 0.102. The smallest absolute Gasteiger partial charge is 0.313 e. The first-order valence-electron chi connectivity index (χ1n) is 17.7. The third kappa shape index (κ3) is 5.35. The van der Waals surface area contributed by atoms with E-state index < -0.39 is 84.4 Å². The molecule has 0 spiro atoms. The van der Waals surface area contributed by atoms with Crippen molar-refractivity contribution in [1.29, 1.82) is 0 Å². The summed E-state index contributed by atoms with van der Waals surface area (Å²) in [5.74, 6) is -2.63. The fraction of sp³-hybridized carbons (Fsp3) is 0.886. The number of aliphatic hydroxyl groups is 4. The summed E-state index contributed by atoms with van der Waals surface area (Å²) in [4.78, 5) is 27.3. The molecule has 3 aliphatic carbocycles. The average molecular weight is 697 g/mol. The molecule has 7 aliphatic rings. The van der Waals surface area contributed by atoms with E-state index in [-0.39, 0.29) is 41.9 Å². The van der Waals surface area contributed by atoms with E-state index in [0.29, 0.717) is 38.5 Å². The second-order valence-electron chi connectivity index (χ2n) is 15.7. The molecule has 14 heteroatoms. The zero-order chi connectivity index (χ0) is 35.2. The zero-order valence-electron chi connectivity index (χ0n) is 29.1. The lowest BCUT2D eigenvalue weighted by Gasteiger charge is -2.57. The van der Waals surface area contributed by atoms with Gasteiger partial charge in [-0.2, -0.15) is 0 Å². The van der Waals surface area contributed by atoms with Crippen LogP contribution in [-0.4, -0.2) is 126 Å². The molecule has 0 bridgehead atoms. The van der Waals surface area contributed by atoms with Crippen LogP contribution in [0.15, 0.2) is 11.6 Å². The van der Waals surface area contributed by atoms with Crippen molar-refractivity contribution in [3.63, 3.8) is 0 Å². The standard InChI is InChI=1S/C35H52O14/c1-15-20-13-35(43-6)29(34(20,4)32(41)45-15)19-8-7-17-11-18(9-10-33(17,3)24(19)30(40)49-35)46-23-12-21(42-5)28(16(2)44-23)48-31-27(39)26(38)25(37)22(14-36)47-31/h7,15-16,18-29,31,36-39H,8-14H2,1-6H3/t15-,16-,18+,19-,20+,21-,22-,23+,24-,25-,26+,27-,28+,29-,31+,33+,34-,35+/m1/s1. The summed E-state index contributed by atoms with van der Waals surface area (Å²) in [6, 6.07) is 0. The molecule has 0 aromatic heterocycles. The first-order chi connectivity index (χ1) is 23.2. The third-order valence-corrected chi connectivity index (χ3v) is 13.3. The van der Waals surface area contributed by atoms with Gasteiger partial charge < -0.3 is 58.3 Å². The Labute approximate surface area is 286 Å². The van der Waals surface area contributed by atoms with Gasteiger partial charge in [-0.3, -0.25) is 9.59 Å². The predicted octanol–water partition coefficient (Wildman–Crippen LogP) is 0.947. The Morgan fingerprint density at radius 3 is 2.45 bits per heavy atom. The monoisotopic (exact) mass is 696 g/mol. The normalized spacial score (nSPS) is 53.8. The van der Waals surface area contributed by atoms with Crippen molar-refractivity contribution in [3.05, 3.63) is 11.6 Å². The number of fused-ring (bicyclic) bond motifs is 7. The predicted molar refractivity (Wildman–Crippen MR) is 166 cm³/mol. The van der Waals surface area contributed by atoms with Crippen molar-refractivity contribution in [1.82, 2.24) is 0 Å². The van der Waals surface area contributed by atoms with E-state index in [4.69, 9.17) is 37.9 Å². The summed E-state index contributed by atoms with van der Waals surface area (Å²) in [5.41, 5.74) is -0.134. The van der Waals surface area contributed by atoms with Gasteiger partial charge in [0.05, 0.1) is 36.3 Å². The van der Waals surface area contributed by atoms with Crippen LogP contribution in [0.25, 0.3) is 0 Å². The van der Waals surface area contributed by atoms with Crippen LogP contribution in [0.5, 0.6) is 0 Å². The second kappa shape index (κ2) is 12.7. The summed E-state index contributed by atoms with van der Waals surface area (Å²) in [7, 11) is 3.11. The highest BCUT2D eigenvalue weighted by Crippen LogP contribution is 2.69. The Morgan fingerprint density at radius 1 is 1.00 bits per heavy atom. The lowest BCUT2D eigenvalue weighted by Crippen LogP contribution is -2.62. The molecule has 0 radical (unpaired) electrons. The topological polar surface area (TPSA) is 189 Å². The van der Waals surface area contributed by atoms with Crippen LogP contribution in [0.4, 0.5) is 0 Å². The van der Waals surface area contributed by atoms with E-state index in [9.17, 15) is 30.0 Å². The number of ether oxygens (including phenoxy) is 8. The third-order valence-electron chi connectivity index (χ3n) is 13.3. The van der Waals surface area contributed by atoms with E-state index in [1.54, 1.807) is 21.1 Å². The first-order valence-corrected chi connectivity index (χ1v) is 17.7. The number of carbonyl (C=O) groups excluding carboxylic acids is 2. The molecule has 6 fully saturated rings. The fourth-order valence-corrected chi connectivity index (χ4v) is 10.7. The molecule has 4 aliphatic heterocycles. The average Bonchev–Trinajstić information content (AvgIpc) is 3.46. The molecule has 14 nitrogen and oxygen atoms in total. The number of cyclic esters (lactones) is 1. The van der Waals surface area contributed by atoms with Crippen LogP contribution >= 0.6 is 0 Å². The summed E-state index contributed by atoms with van der Waals surface area (Å²) >= 11 is 0. The molecule has 276 valence electrons. The van der Waals surface area contributed by atoms with Crippen LogP contribution in [-0.2, 0) is 47.5 Å². The zero-order valence-corrected chi connectivity index (χ0v) is 29.1. The van der Waals surface area contributed by atoms with E-state index in [0.717, 1.165) is 5.57 Å². The maximum absolute atomic E-state index is 14.0. The van der Waals surface area contributed by atoms with Gasteiger partial charge in [0.1, 0.15) is 36.6 Å². The molecular formula is C35H52O14. The number of carbonyl (C=O) groups is 2. The van der Waals surface area contributed by atoms with E-state index >= 15 is 0 Å². The number of methoxy groups -OCH3 is 2. The molecule has 49 heavy (non-hydrogen) atoms. The van der Waals surface area contributed by atoms with Crippen molar-refractivity contribution in [3.8, 4) is 0 Å². The van der Waals surface area contributed by atoms with Gasteiger partial charge >= 0.3 is 11.9 Å². The highest BCUT2D eigenvalue weighted by Gasteiger charge is 2.77. The number of hydrogen-bond acceptors (Lipinski definition) is 14. The number of aliphatic hydroxyl groups excluding tert-OH is 4. The molecule has 0 aromatic carbocycles. The SMILES string of the molecule is CO[C@@H]1C[C@H](O[C@H]2CC[C@@]3(C)C(=CC[C@H]4[C@H]5[C@](OC)(C[C@H]6[C@@H](C)OC(=O)[C@]65C)OC(=O)[C@@H]43)C2)O[C@H](C)[C@@H]1O[C@@H]1O[C@H](CO)[C@@H](O)[C@H](O)[C@H]1O. The van der Waals surface area contributed by atoms with Crippen molar-refractivity contribution in [2.75, 3.05) is 20.8 Å². The molecule has 0 unspecified atom stereocenters. The summed E-state index contributed by atoms with van der Waals surface area (Å²) in [6.45, 7) is 7.25. The Bertz CT molecular complexity index is 1320. The van der Waals surface area contributed by atoms with Gasteiger partial charge in [-0.1, -0.05) is 18.6 Å². The van der Waals surface area contributed by atoms with E-state index in [1.807, 2.05) is 13.8 Å².